The highest BCUT2D eigenvalue weighted by molar-refractivity contribution is 7.92. The van der Waals surface area contributed by atoms with E-state index in [2.05, 4.69) is 5.32 Å². The van der Waals surface area contributed by atoms with Crippen LogP contribution in [-0.4, -0.2) is 44.3 Å². The number of sulfonamides is 1. The highest BCUT2D eigenvalue weighted by atomic mass is 32.2. The van der Waals surface area contributed by atoms with Gasteiger partial charge in [-0.2, -0.15) is 0 Å². The quantitative estimate of drug-likeness (QED) is 0.483. The largest absolute Gasteiger partial charge is 0.355 e. The summed E-state index contributed by atoms with van der Waals surface area (Å²) in [7, 11) is -4.03. The molecule has 0 spiro atoms. The minimum absolute atomic E-state index is 0.0815. The lowest BCUT2D eigenvalue weighted by molar-refractivity contribution is -0.139. The number of likely N-dealkylation sites (N-methyl/N-ethyl adjacent to an activating group) is 1. The summed E-state index contributed by atoms with van der Waals surface area (Å²) in [5.74, 6) is -0.782. The van der Waals surface area contributed by atoms with Crippen LogP contribution in [0.25, 0.3) is 0 Å². The lowest BCUT2D eigenvalue weighted by Crippen LogP contribution is -2.51. The molecule has 0 aliphatic rings. The molecule has 1 N–H and O–H groups in total. The molecule has 0 bridgehead atoms. The Morgan fingerprint density at radius 1 is 0.853 bits per heavy atom. The molecule has 7 nitrogen and oxygen atoms in total. The van der Waals surface area contributed by atoms with Gasteiger partial charge in [0, 0.05) is 13.1 Å². The molecule has 3 rings (SSSR count). The number of rotatable bonds is 10. The van der Waals surface area contributed by atoms with Gasteiger partial charge in [0.05, 0.1) is 10.6 Å². The lowest BCUT2D eigenvalue weighted by atomic mass is 10.1. The van der Waals surface area contributed by atoms with Gasteiger partial charge in [-0.15, -0.1) is 0 Å². The molecule has 2 amide bonds. The van der Waals surface area contributed by atoms with E-state index in [1.807, 2.05) is 30.3 Å². The Morgan fingerprint density at radius 3 is 1.94 bits per heavy atom. The van der Waals surface area contributed by atoms with Crippen molar-refractivity contribution in [1.82, 2.24) is 10.2 Å². The van der Waals surface area contributed by atoms with Gasteiger partial charge in [0.2, 0.25) is 11.8 Å². The minimum atomic E-state index is -4.03. The molecule has 3 aromatic carbocycles. The van der Waals surface area contributed by atoms with Crippen molar-refractivity contribution in [2.24, 2.45) is 0 Å². The summed E-state index contributed by atoms with van der Waals surface area (Å²) in [6.07, 6.45) is 0. The van der Waals surface area contributed by atoms with E-state index in [0.717, 1.165) is 9.87 Å². The van der Waals surface area contributed by atoms with Crippen LogP contribution >= 0.6 is 0 Å². The van der Waals surface area contributed by atoms with Crippen LogP contribution in [0.4, 0.5) is 5.69 Å². The smallest absolute Gasteiger partial charge is 0.264 e. The number of nitrogens with one attached hydrogen (secondary N) is 1. The number of hydrogen-bond acceptors (Lipinski definition) is 4. The average molecular weight is 480 g/mol. The molecule has 3 aromatic rings. The van der Waals surface area contributed by atoms with Crippen molar-refractivity contribution < 1.29 is 18.0 Å². The first-order valence-electron chi connectivity index (χ1n) is 11.1. The van der Waals surface area contributed by atoms with Gasteiger partial charge in [0.1, 0.15) is 12.6 Å². The van der Waals surface area contributed by atoms with Crippen LogP contribution in [0.5, 0.6) is 0 Å². The standard InChI is InChI=1S/C26H29N3O4S/c1-3-27-26(31)21(2)28(19-22-13-7-4-8-14-22)25(30)20-29(23-15-9-5-10-16-23)34(32,33)24-17-11-6-12-18-24/h4-18,21H,3,19-20H2,1-2H3,(H,27,31)/t21-/m0/s1. The molecule has 178 valence electrons. The van der Waals surface area contributed by atoms with Gasteiger partial charge in [-0.3, -0.25) is 13.9 Å². The molecular formula is C26H29N3O4S. The van der Waals surface area contributed by atoms with E-state index in [4.69, 9.17) is 0 Å². The van der Waals surface area contributed by atoms with E-state index in [1.165, 1.54) is 17.0 Å². The number of carbonyl (C=O) groups excluding carboxylic acids is 2. The third-order valence-corrected chi connectivity index (χ3v) is 7.16. The maximum absolute atomic E-state index is 13.6. The van der Waals surface area contributed by atoms with Crippen LogP contribution in [-0.2, 0) is 26.2 Å². The molecule has 34 heavy (non-hydrogen) atoms. The van der Waals surface area contributed by atoms with Crippen LogP contribution < -0.4 is 9.62 Å². The first-order valence-corrected chi connectivity index (χ1v) is 12.5. The zero-order valence-electron chi connectivity index (χ0n) is 19.3. The number of hydrogen-bond donors (Lipinski definition) is 1. The third kappa shape index (κ3) is 6.02. The van der Waals surface area contributed by atoms with Crippen molar-refractivity contribution >= 4 is 27.5 Å². The predicted octanol–water partition coefficient (Wildman–Crippen LogP) is 3.44. The summed E-state index contributed by atoms with van der Waals surface area (Å²) in [4.78, 5) is 27.7. The van der Waals surface area contributed by atoms with E-state index < -0.39 is 28.5 Å². The molecule has 0 aliphatic carbocycles. The van der Waals surface area contributed by atoms with Crippen LogP contribution in [0, 0.1) is 0 Å². The molecular weight excluding hydrogens is 450 g/mol. The molecule has 0 unspecified atom stereocenters. The summed E-state index contributed by atoms with van der Waals surface area (Å²) in [5, 5.41) is 2.74. The maximum atomic E-state index is 13.6. The highest BCUT2D eigenvalue weighted by Gasteiger charge is 2.32. The Bertz CT molecular complexity index is 1190. The van der Waals surface area contributed by atoms with Crippen molar-refractivity contribution in [2.45, 2.75) is 31.3 Å². The van der Waals surface area contributed by atoms with Gasteiger partial charge >= 0.3 is 0 Å². The van der Waals surface area contributed by atoms with Gasteiger partial charge < -0.3 is 10.2 Å². The predicted molar refractivity (Wildman–Crippen MR) is 133 cm³/mol. The fourth-order valence-electron chi connectivity index (χ4n) is 3.53. The Labute approximate surface area is 201 Å². The summed E-state index contributed by atoms with van der Waals surface area (Å²) in [6, 6.07) is 25.0. The number of benzene rings is 3. The van der Waals surface area contributed by atoms with Gasteiger partial charge in [-0.1, -0.05) is 66.7 Å². The fourth-order valence-corrected chi connectivity index (χ4v) is 4.96. The molecule has 8 heteroatoms. The normalized spacial score (nSPS) is 11.9. The molecule has 0 saturated carbocycles. The highest BCUT2D eigenvalue weighted by Crippen LogP contribution is 2.24. The van der Waals surface area contributed by atoms with Crippen LogP contribution in [0.2, 0.25) is 0 Å². The first kappa shape index (κ1) is 25.0. The van der Waals surface area contributed by atoms with Gasteiger partial charge in [-0.05, 0) is 43.7 Å². The van der Waals surface area contributed by atoms with Gasteiger partial charge in [0.15, 0.2) is 0 Å². The maximum Gasteiger partial charge on any atom is 0.264 e. The number of carbonyl (C=O) groups is 2. The van der Waals surface area contributed by atoms with Crippen LogP contribution in [0.3, 0.4) is 0 Å². The molecule has 0 radical (unpaired) electrons. The fraction of sp³-hybridized carbons (Fsp3) is 0.231. The zero-order chi connectivity index (χ0) is 24.6. The molecule has 0 aliphatic heterocycles. The Balaban J connectivity index is 1.98. The summed E-state index contributed by atoms with van der Waals surface area (Å²) >= 11 is 0. The molecule has 0 aromatic heterocycles. The summed E-state index contributed by atoms with van der Waals surface area (Å²) in [5.41, 5.74) is 1.20. The monoisotopic (exact) mass is 479 g/mol. The number of anilines is 1. The second-order valence-electron chi connectivity index (χ2n) is 7.74. The molecule has 1 atom stereocenters. The third-order valence-electron chi connectivity index (χ3n) is 5.37. The zero-order valence-corrected chi connectivity index (χ0v) is 20.1. The SMILES string of the molecule is CCNC(=O)[C@H](C)N(Cc1ccccc1)C(=O)CN(c1ccccc1)S(=O)(=O)c1ccccc1. The second-order valence-corrected chi connectivity index (χ2v) is 9.60. The summed E-state index contributed by atoms with van der Waals surface area (Å²) in [6.45, 7) is 3.60. The van der Waals surface area contributed by atoms with E-state index in [0.29, 0.717) is 12.2 Å². The van der Waals surface area contributed by atoms with Crippen molar-refractivity contribution in [1.29, 1.82) is 0 Å². The first-order chi connectivity index (χ1) is 16.3. The Hall–Kier alpha value is -3.65. The lowest BCUT2D eigenvalue weighted by Gasteiger charge is -2.32. The number of para-hydroxylation sites is 1. The van der Waals surface area contributed by atoms with Crippen molar-refractivity contribution in [3.63, 3.8) is 0 Å². The van der Waals surface area contributed by atoms with Crippen molar-refractivity contribution in [3.05, 3.63) is 96.6 Å². The van der Waals surface area contributed by atoms with E-state index in [9.17, 15) is 18.0 Å². The van der Waals surface area contributed by atoms with Crippen molar-refractivity contribution in [3.8, 4) is 0 Å². The van der Waals surface area contributed by atoms with E-state index in [-0.39, 0.29) is 17.3 Å². The Kier molecular flexibility index (Phi) is 8.43. The van der Waals surface area contributed by atoms with Crippen molar-refractivity contribution in [2.75, 3.05) is 17.4 Å². The van der Waals surface area contributed by atoms with Crippen LogP contribution in [0.15, 0.2) is 95.9 Å². The molecule has 0 heterocycles. The van der Waals surface area contributed by atoms with Gasteiger partial charge in [0.25, 0.3) is 10.0 Å². The minimum Gasteiger partial charge on any atom is -0.355 e. The van der Waals surface area contributed by atoms with Gasteiger partial charge in [-0.25, -0.2) is 8.42 Å². The molecule has 0 fully saturated rings. The van der Waals surface area contributed by atoms with Crippen LogP contribution in [0.1, 0.15) is 19.4 Å². The Morgan fingerprint density at radius 2 is 1.38 bits per heavy atom. The second kappa shape index (κ2) is 11.5. The number of nitrogens with zero attached hydrogens (tertiary/aromatic N) is 2. The topological polar surface area (TPSA) is 86.8 Å². The average Bonchev–Trinajstić information content (AvgIpc) is 2.87. The molecule has 0 saturated heterocycles. The summed E-state index contributed by atoms with van der Waals surface area (Å²) < 4.78 is 28.2. The van der Waals surface area contributed by atoms with E-state index >= 15 is 0 Å². The van der Waals surface area contributed by atoms with E-state index in [1.54, 1.807) is 62.4 Å². The number of amides is 2.